The molecule has 0 unspecified atom stereocenters. The van der Waals surface area contributed by atoms with Gasteiger partial charge in [-0.2, -0.15) is 0 Å². The van der Waals surface area contributed by atoms with Gasteiger partial charge in [0, 0.05) is 43.4 Å². The fraction of sp³-hybridized carbons (Fsp3) is 0.222. The maximum Gasteiger partial charge on any atom is 0.147 e. The van der Waals surface area contributed by atoms with Crippen molar-refractivity contribution in [1.29, 1.82) is 0 Å². The first-order chi connectivity index (χ1) is 11.6. The van der Waals surface area contributed by atoms with Crippen LogP contribution in [0.25, 0.3) is 28.1 Å². The van der Waals surface area contributed by atoms with Gasteiger partial charge in [-0.1, -0.05) is 13.8 Å². The van der Waals surface area contributed by atoms with Crippen LogP contribution >= 0.6 is 0 Å². The summed E-state index contributed by atoms with van der Waals surface area (Å²) in [6.45, 7) is 4.16. The summed E-state index contributed by atoms with van der Waals surface area (Å²) in [4.78, 5) is 17.7. The van der Waals surface area contributed by atoms with Gasteiger partial charge in [-0.3, -0.25) is 4.57 Å². The normalized spacial score (nSPS) is 11.5. The van der Waals surface area contributed by atoms with Gasteiger partial charge in [-0.25, -0.2) is 19.9 Å². The third-order valence-electron chi connectivity index (χ3n) is 4.07. The summed E-state index contributed by atoms with van der Waals surface area (Å²) in [6, 6.07) is 6.17. The molecule has 0 bridgehead atoms. The van der Waals surface area contributed by atoms with Crippen molar-refractivity contribution in [2.24, 2.45) is 7.05 Å². The van der Waals surface area contributed by atoms with Gasteiger partial charge in [0.25, 0.3) is 0 Å². The molecule has 120 valence electrons. The summed E-state index contributed by atoms with van der Waals surface area (Å²) >= 11 is 0. The van der Waals surface area contributed by atoms with Crippen molar-refractivity contribution in [3.05, 3.63) is 55.1 Å². The zero-order valence-electron chi connectivity index (χ0n) is 13.9. The Morgan fingerprint density at radius 3 is 2.54 bits per heavy atom. The molecule has 0 saturated carbocycles. The van der Waals surface area contributed by atoms with Crippen LogP contribution in [0.2, 0.25) is 0 Å². The van der Waals surface area contributed by atoms with Crippen molar-refractivity contribution in [1.82, 2.24) is 29.1 Å². The number of fused-ring (bicyclic) bond motifs is 1. The van der Waals surface area contributed by atoms with Gasteiger partial charge in [-0.05, 0) is 18.2 Å². The van der Waals surface area contributed by atoms with Crippen LogP contribution in [0.15, 0.2) is 49.3 Å². The van der Waals surface area contributed by atoms with E-state index in [4.69, 9.17) is 0 Å². The molecule has 1 aromatic carbocycles. The first-order valence-electron chi connectivity index (χ1n) is 7.90. The van der Waals surface area contributed by atoms with Gasteiger partial charge < -0.3 is 4.57 Å². The van der Waals surface area contributed by atoms with Gasteiger partial charge in [0.05, 0.1) is 22.9 Å². The lowest BCUT2D eigenvalue weighted by Gasteiger charge is -2.09. The second kappa shape index (κ2) is 5.56. The Labute approximate surface area is 139 Å². The molecule has 0 spiro atoms. The quantitative estimate of drug-likeness (QED) is 0.581. The van der Waals surface area contributed by atoms with Crippen LogP contribution in [-0.2, 0) is 7.05 Å². The molecule has 0 aliphatic rings. The molecule has 3 heterocycles. The van der Waals surface area contributed by atoms with Crippen LogP contribution in [0.5, 0.6) is 0 Å². The monoisotopic (exact) mass is 318 g/mol. The average molecular weight is 318 g/mol. The number of aryl methyl sites for hydroxylation is 1. The molecule has 0 N–H and O–H groups in total. The van der Waals surface area contributed by atoms with Gasteiger partial charge >= 0.3 is 0 Å². The summed E-state index contributed by atoms with van der Waals surface area (Å²) < 4.78 is 4.05. The largest absolute Gasteiger partial charge is 0.334 e. The van der Waals surface area contributed by atoms with Gasteiger partial charge in [0.15, 0.2) is 0 Å². The van der Waals surface area contributed by atoms with Crippen LogP contribution in [0.1, 0.15) is 25.6 Å². The highest BCUT2D eigenvalue weighted by atomic mass is 15.1. The molecule has 24 heavy (non-hydrogen) atoms. The second-order valence-electron chi connectivity index (χ2n) is 6.13. The van der Waals surface area contributed by atoms with Crippen molar-refractivity contribution < 1.29 is 0 Å². The summed E-state index contributed by atoms with van der Waals surface area (Å²) in [5.74, 6) is 1.98. The van der Waals surface area contributed by atoms with E-state index in [1.54, 1.807) is 6.20 Å². The molecule has 6 nitrogen and oxygen atoms in total. The minimum atomic E-state index is 0.311. The summed E-state index contributed by atoms with van der Waals surface area (Å²) in [5.41, 5.74) is 3.99. The Bertz CT molecular complexity index is 994. The first-order valence-corrected chi connectivity index (χ1v) is 7.90. The third-order valence-corrected chi connectivity index (χ3v) is 4.07. The molecule has 0 atom stereocenters. The highest BCUT2D eigenvalue weighted by Gasteiger charge is 2.11. The zero-order chi connectivity index (χ0) is 16.7. The average Bonchev–Trinajstić information content (AvgIpc) is 3.22. The van der Waals surface area contributed by atoms with Crippen LogP contribution < -0.4 is 0 Å². The number of benzene rings is 1. The van der Waals surface area contributed by atoms with Crippen LogP contribution in [-0.4, -0.2) is 29.1 Å². The maximum atomic E-state index is 4.49. The molecule has 0 aliphatic carbocycles. The van der Waals surface area contributed by atoms with Crippen molar-refractivity contribution in [3.63, 3.8) is 0 Å². The topological polar surface area (TPSA) is 61.4 Å². The Morgan fingerprint density at radius 2 is 1.79 bits per heavy atom. The van der Waals surface area contributed by atoms with Gasteiger partial charge in [0.1, 0.15) is 11.6 Å². The van der Waals surface area contributed by atoms with Crippen molar-refractivity contribution in [2.75, 3.05) is 0 Å². The predicted octanol–water partition coefficient (Wildman–Crippen LogP) is 3.34. The molecule has 0 radical (unpaired) electrons. The van der Waals surface area contributed by atoms with E-state index in [2.05, 4.69) is 39.8 Å². The van der Waals surface area contributed by atoms with Crippen molar-refractivity contribution in [3.8, 4) is 17.1 Å². The van der Waals surface area contributed by atoms with E-state index >= 15 is 0 Å². The molecule has 0 amide bonds. The molecule has 0 saturated heterocycles. The highest BCUT2D eigenvalue weighted by molar-refractivity contribution is 5.78. The standard InChI is InChI=1S/C18H18N6/c1-12(2)17-20-9-13(10-21-17)18-19-6-7-24(18)14-4-5-15-16(8-14)23(3)11-22-15/h4-12H,1-3H3. The predicted molar refractivity (Wildman–Crippen MR) is 93.0 cm³/mol. The van der Waals surface area contributed by atoms with Gasteiger partial charge in [0.2, 0.25) is 0 Å². The highest BCUT2D eigenvalue weighted by Crippen LogP contribution is 2.23. The van der Waals surface area contributed by atoms with Crippen molar-refractivity contribution in [2.45, 2.75) is 19.8 Å². The van der Waals surface area contributed by atoms with Crippen molar-refractivity contribution >= 4 is 11.0 Å². The Morgan fingerprint density at radius 1 is 1.00 bits per heavy atom. The number of aromatic nitrogens is 6. The lowest BCUT2D eigenvalue weighted by atomic mass is 10.2. The number of hydrogen-bond acceptors (Lipinski definition) is 4. The zero-order valence-corrected chi connectivity index (χ0v) is 13.9. The van der Waals surface area contributed by atoms with E-state index in [0.717, 1.165) is 33.9 Å². The molecule has 3 aromatic heterocycles. The van der Waals surface area contributed by atoms with Crippen LogP contribution in [0.3, 0.4) is 0 Å². The fourth-order valence-corrected chi connectivity index (χ4v) is 2.74. The SMILES string of the molecule is CC(C)c1ncc(-c2nccn2-c2ccc3ncn(C)c3c2)cn1. The van der Waals surface area contributed by atoms with E-state index in [1.165, 1.54) is 0 Å². The third kappa shape index (κ3) is 2.36. The van der Waals surface area contributed by atoms with Crippen LogP contribution in [0.4, 0.5) is 0 Å². The molecule has 4 rings (SSSR count). The molecular formula is C18H18N6. The summed E-state index contributed by atoms with van der Waals surface area (Å²) in [6.07, 6.45) is 9.23. The lowest BCUT2D eigenvalue weighted by Crippen LogP contribution is -2.00. The van der Waals surface area contributed by atoms with E-state index < -0.39 is 0 Å². The molecular weight excluding hydrogens is 300 g/mol. The summed E-state index contributed by atoms with van der Waals surface area (Å²) in [7, 11) is 1.99. The van der Waals surface area contributed by atoms with Gasteiger partial charge in [-0.15, -0.1) is 0 Å². The number of nitrogens with zero attached hydrogens (tertiary/aromatic N) is 6. The minimum Gasteiger partial charge on any atom is -0.334 e. The smallest absolute Gasteiger partial charge is 0.147 e. The molecule has 4 aromatic rings. The van der Waals surface area contributed by atoms with E-state index in [9.17, 15) is 0 Å². The molecule has 6 heteroatoms. The van der Waals surface area contributed by atoms with E-state index in [-0.39, 0.29) is 0 Å². The first kappa shape index (κ1) is 14.6. The summed E-state index contributed by atoms with van der Waals surface area (Å²) in [5, 5.41) is 0. The Hall–Kier alpha value is -3.02. The minimum absolute atomic E-state index is 0.311. The Balaban J connectivity index is 1.79. The van der Waals surface area contributed by atoms with E-state index in [1.807, 2.05) is 53.2 Å². The maximum absolute atomic E-state index is 4.49. The Kier molecular flexibility index (Phi) is 3.37. The lowest BCUT2D eigenvalue weighted by molar-refractivity contribution is 0.774. The molecule has 0 aliphatic heterocycles. The van der Waals surface area contributed by atoms with Crippen LogP contribution in [0, 0.1) is 0 Å². The fourth-order valence-electron chi connectivity index (χ4n) is 2.74. The molecule has 0 fully saturated rings. The number of rotatable bonds is 3. The number of hydrogen-bond donors (Lipinski definition) is 0. The van der Waals surface area contributed by atoms with E-state index in [0.29, 0.717) is 5.92 Å². The number of imidazole rings is 2. The second-order valence-corrected chi connectivity index (χ2v) is 6.13.